The Labute approximate surface area is 201 Å². The molecule has 3 aliphatic rings. The first kappa shape index (κ1) is 22.6. The molecule has 0 aromatic heterocycles. The molecule has 33 heavy (non-hydrogen) atoms. The number of benzene rings is 2. The molecule has 1 aliphatic heterocycles. The summed E-state index contributed by atoms with van der Waals surface area (Å²) in [6.45, 7) is 2.84. The molecule has 5 rings (SSSR count). The summed E-state index contributed by atoms with van der Waals surface area (Å²) in [5, 5.41) is 0.108. The molecule has 174 valence electrons. The van der Waals surface area contributed by atoms with Gasteiger partial charge in [-0.3, -0.25) is 0 Å². The van der Waals surface area contributed by atoms with Crippen LogP contribution < -0.4 is 4.74 Å². The van der Waals surface area contributed by atoms with Crippen LogP contribution in [0.1, 0.15) is 37.7 Å². The molecule has 2 aromatic carbocycles. The maximum atomic E-state index is 13.6. The zero-order valence-electron chi connectivity index (χ0n) is 18.8. The van der Waals surface area contributed by atoms with E-state index in [1.807, 2.05) is 49.4 Å². The Kier molecular flexibility index (Phi) is 6.29. The summed E-state index contributed by atoms with van der Waals surface area (Å²) in [6, 6.07) is 16.5. The lowest BCUT2D eigenvalue weighted by molar-refractivity contribution is 0.196. The number of para-hydroxylation sites is 1. The smallest absolute Gasteiger partial charge is 0.357 e. The minimum atomic E-state index is -3.56. The van der Waals surface area contributed by atoms with Crippen molar-refractivity contribution in [2.24, 2.45) is 11.8 Å². The molecule has 2 aliphatic carbocycles. The van der Waals surface area contributed by atoms with E-state index < -0.39 is 10.0 Å². The highest BCUT2D eigenvalue weighted by molar-refractivity contribution is 7.89. The predicted molar refractivity (Wildman–Crippen MR) is 132 cm³/mol. The van der Waals surface area contributed by atoms with E-state index in [1.54, 1.807) is 16.4 Å². The molecule has 1 fully saturated rings. The molecule has 3 unspecified atom stereocenters. The van der Waals surface area contributed by atoms with Crippen molar-refractivity contribution in [2.75, 3.05) is 13.2 Å². The number of thiocarbonyl (C=S) groups is 1. The van der Waals surface area contributed by atoms with Crippen molar-refractivity contribution >= 4 is 27.5 Å². The van der Waals surface area contributed by atoms with Crippen LogP contribution in [0.2, 0.25) is 0 Å². The second-order valence-corrected chi connectivity index (χ2v) is 11.5. The molecule has 0 amide bonds. The molecular formula is C26H29NO4S2. The van der Waals surface area contributed by atoms with Crippen molar-refractivity contribution in [3.05, 3.63) is 71.3 Å². The Morgan fingerprint density at radius 1 is 1.03 bits per heavy atom. The second kappa shape index (κ2) is 9.20. The van der Waals surface area contributed by atoms with Gasteiger partial charge in [0.05, 0.1) is 11.5 Å². The van der Waals surface area contributed by atoms with Gasteiger partial charge in [-0.05, 0) is 73.9 Å². The third-order valence-corrected chi connectivity index (χ3v) is 9.27. The van der Waals surface area contributed by atoms with Crippen LogP contribution in [0.3, 0.4) is 0 Å². The van der Waals surface area contributed by atoms with Crippen LogP contribution in [-0.4, -0.2) is 37.2 Å². The zero-order chi connectivity index (χ0) is 23.0. The van der Waals surface area contributed by atoms with Crippen LogP contribution in [-0.2, 0) is 14.8 Å². The molecule has 3 atom stereocenters. The van der Waals surface area contributed by atoms with E-state index in [1.165, 1.54) is 11.1 Å². The molecule has 0 N–H and O–H groups in total. The summed E-state index contributed by atoms with van der Waals surface area (Å²) in [7, 11) is -3.56. The summed E-state index contributed by atoms with van der Waals surface area (Å²) < 4.78 is 40.4. The van der Waals surface area contributed by atoms with E-state index in [0.29, 0.717) is 29.7 Å². The monoisotopic (exact) mass is 483 g/mol. The Morgan fingerprint density at radius 3 is 2.55 bits per heavy atom. The first-order valence-corrected chi connectivity index (χ1v) is 13.5. The molecule has 1 saturated carbocycles. The maximum Gasteiger partial charge on any atom is 0.357 e. The normalized spacial score (nSPS) is 24.9. The van der Waals surface area contributed by atoms with Crippen LogP contribution in [0.5, 0.6) is 5.75 Å². The molecule has 2 aromatic rings. The van der Waals surface area contributed by atoms with Gasteiger partial charge in [-0.15, -0.1) is 0 Å². The van der Waals surface area contributed by atoms with Crippen molar-refractivity contribution < 1.29 is 17.9 Å². The van der Waals surface area contributed by atoms with Gasteiger partial charge in [0.15, 0.2) is 0 Å². The summed E-state index contributed by atoms with van der Waals surface area (Å²) in [5.74, 6) is 1.30. The fraction of sp³-hybridized carbons (Fsp3) is 0.423. The fourth-order valence-electron chi connectivity index (χ4n) is 5.59. The van der Waals surface area contributed by atoms with Gasteiger partial charge in [0.25, 0.3) is 0 Å². The van der Waals surface area contributed by atoms with Gasteiger partial charge in [0, 0.05) is 30.7 Å². The van der Waals surface area contributed by atoms with Crippen LogP contribution in [0.4, 0.5) is 0 Å². The first-order chi connectivity index (χ1) is 15.9. The lowest BCUT2D eigenvalue weighted by Gasteiger charge is -2.37. The van der Waals surface area contributed by atoms with Crippen LogP contribution in [0, 0.1) is 18.8 Å². The van der Waals surface area contributed by atoms with E-state index in [4.69, 9.17) is 21.7 Å². The van der Waals surface area contributed by atoms with E-state index in [0.717, 1.165) is 37.7 Å². The lowest BCUT2D eigenvalue weighted by atomic mass is 9.71. The summed E-state index contributed by atoms with van der Waals surface area (Å²) in [6.07, 6.45) is 5.18. The SMILES string of the molecule is Cc1ccc(S(=O)(=O)N2CC3=C4C(CCCC42)CCC3COC(=S)Oc2ccccc2)cc1. The number of hydrogen-bond acceptors (Lipinski definition) is 5. The highest BCUT2D eigenvalue weighted by Crippen LogP contribution is 2.49. The molecule has 0 radical (unpaired) electrons. The molecule has 0 saturated heterocycles. The van der Waals surface area contributed by atoms with Gasteiger partial charge >= 0.3 is 5.24 Å². The molecule has 7 heteroatoms. The van der Waals surface area contributed by atoms with Crippen molar-refractivity contribution in [2.45, 2.75) is 50.0 Å². The number of aryl methyl sites for hydroxylation is 1. The highest BCUT2D eigenvalue weighted by atomic mass is 32.2. The van der Waals surface area contributed by atoms with Gasteiger partial charge in [0.1, 0.15) is 5.75 Å². The molecule has 0 spiro atoms. The third kappa shape index (κ3) is 4.46. The van der Waals surface area contributed by atoms with Crippen molar-refractivity contribution in [3.63, 3.8) is 0 Å². The Bertz CT molecular complexity index is 1160. The van der Waals surface area contributed by atoms with Gasteiger partial charge in [-0.2, -0.15) is 4.31 Å². The second-order valence-electron chi connectivity index (χ2n) is 9.24. The predicted octanol–water partition coefficient (Wildman–Crippen LogP) is 5.26. The number of nitrogens with zero attached hydrogens (tertiary/aromatic N) is 1. The number of rotatable bonds is 5. The largest absolute Gasteiger partial charge is 0.456 e. The van der Waals surface area contributed by atoms with E-state index in [9.17, 15) is 8.42 Å². The summed E-state index contributed by atoms with van der Waals surface area (Å²) >= 11 is 5.29. The Morgan fingerprint density at radius 2 is 1.79 bits per heavy atom. The number of hydrogen-bond donors (Lipinski definition) is 0. The molecular weight excluding hydrogens is 454 g/mol. The summed E-state index contributed by atoms with van der Waals surface area (Å²) in [4.78, 5) is 0.375. The Hall–Kier alpha value is -2.22. The van der Waals surface area contributed by atoms with E-state index in [2.05, 4.69) is 0 Å². The van der Waals surface area contributed by atoms with Gasteiger partial charge < -0.3 is 9.47 Å². The van der Waals surface area contributed by atoms with Crippen LogP contribution in [0.25, 0.3) is 0 Å². The van der Waals surface area contributed by atoms with E-state index >= 15 is 0 Å². The first-order valence-electron chi connectivity index (χ1n) is 11.6. The van der Waals surface area contributed by atoms with Gasteiger partial charge in [-0.1, -0.05) is 42.3 Å². The third-order valence-electron chi connectivity index (χ3n) is 7.20. The van der Waals surface area contributed by atoms with Crippen molar-refractivity contribution in [1.82, 2.24) is 4.31 Å². The van der Waals surface area contributed by atoms with Crippen molar-refractivity contribution in [1.29, 1.82) is 0 Å². The molecule has 0 bridgehead atoms. The molecule has 1 heterocycles. The van der Waals surface area contributed by atoms with E-state index in [-0.39, 0.29) is 17.2 Å². The molecule has 5 nitrogen and oxygen atoms in total. The fourth-order valence-corrected chi connectivity index (χ4v) is 7.37. The minimum absolute atomic E-state index is 0.0274. The van der Waals surface area contributed by atoms with Crippen LogP contribution >= 0.6 is 12.2 Å². The standard InChI is InChI=1S/C26H29NO4S2/c1-18-10-14-22(15-11-18)33(28,29)27-16-23-20(13-12-19-6-5-9-24(27)25(19)23)17-30-26(32)31-21-7-3-2-4-8-21/h2-4,7-8,10-11,14-15,19-20,24H,5-6,9,12-13,16-17H2,1H3. The quantitative estimate of drug-likeness (QED) is 0.429. The maximum absolute atomic E-state index is 13.6. The summed E-state index contributed by atoms with van der Waals surface area (Å²) in [5.41, 5.74) is 3.65. The van der Waals surface area contributed by atoms with Gasteiger partial charge in [-0.25, -0.2) is 8.42 Å². The number of ether oxygens (including phenoxy) is 2. The lowest BCUT2D eigenvalue weighted by Crippen LogP contribution is -2.40. The van der Waals surface area contributed by atoms with Gasteiger partial charge in [0.2, 0.25) is 10.0 Å². The topological polar surface area (TPSA) is 55.8 Å². The number of sulfonamides is 1. The minimum Gasteiger partial charge on any atom is -0.456 e. The zero-order valence-corrected chi connectivity index (χ0v) is 20.4. The average Bonchev–Trinajstić information content (AvgIpc) is 3.22. The van der Waals surface area contributed by atoms with Crippen molar-refractivity contribution in [3.8, 4) is 5.75 Å². The Balaban J connectivity index is 1.34. The highest BCUT2D eigenvalue weighted by Gasteiger charge is 2.47. The van der Waals surface area contributed by atoms with Crippen LogP contribution in [0.15, 0.2) is 70.6 Å². The average molecular weight is 484 g/mol.